The van der Waals surface area contributed by atoms with E-state index in [-0.39, 0.29) is 24.0 Å². The van der Waals surface area contributed by atoms with Crippen LogP contribution in [0, 0.1) is 19.7 Å². The molecule has 0 spiro atoms. The van der Waals surface area contributed by atoms with E-state index in [1.165, 1.54) is 12.1 Å². The Morgan fingerprint density at radius 1 is 1.11 bits per heavy atom. The van der Waals surface area contributed by atoms with Gasteiger partial charge in [-0.2, -0.15) is 0 Å². The lowest BCUT2D eigenvalue weighted by atomic mass is 10.2. The van der Waals surface area contributed by atoms with Gasteiger partial charge in [-0.15, -0.1) is 0 Å². The molecule has 0 aliphatic rings. The first kappa shape index (κ1) is 19.3. The Bertz CT molecular complexity index is 1010. The number of aromatic nitrogens is 2. The summed E-state index contributed by atoms with van der Waals surface area (Å²) in [6.07, 6.45) is 0. The molecule has 3 aromatic rings. The number of hydrogen-bond donors (Lipinski definition) is 2. The highest BCUT2D eigenvalue weighted by atomic mass is 19.1. The lowest BCUT2D eigenvalue weighted by Gasteiger charge is -2.12. The minimum absolute atomic E-state index is 0.201. The van der Waals surface area contributed by atoms with Crippen LogP contribution in [0.4, 0.5) is 15.9 Å². The van der Waals surface area contributed by atoms with E-state index >= 15 is 0 Å². The van der Waals surface area contributed by atoms with E-state index in [9.17, 15) is 9.18 Å². The van der Waals surface area contributed by atoms with Gasteiger partial charge in [0, 0.05) is 18.2 Å². The monoisotopic (exact) mass is 380 g/mol. The van der Waals surface area contributed by atoms with E-state index in [1.54, 1.807) is 38.3 Å². The van der Waals surface area contributed by atoms with Crippen molar-refractivity contribution in [3.8, 4) is 5.75 Å². The summed E-state index contributed by atoms with van der Waals surface area (Å²) in [5.41, 5.74) is 2.26. The second-order valence-electron chi connectivity index (χ2n) is 6.29. The Morgan fingerprint density at radius 2 is 1.89 bits per heavy atom. The predicted octanol–water partition coefficient (Wildman–Crippen LogP) is 4.11. The Labute approximate surface area is 162 Å². The molecule has 7 heteroatoms. The number of benzene rings is 2. The summed E-state index contributed by atoms with van der Waals surface area (Å²) in [7, 11) is 1.54. The average Bonchev–Trinajstić information content (AvgIpc) is 2.67. The number of methoxy groups -OCH3 is 1. The molecule has 0 fully saturated rings. The van der Waals surface area contributed by atoms with Gasteiger partial charge in [-0.3, -0.25) is 4.79 Å². The quantitative estimate of drug-likeness (QED) is 0.673. The van der Waals surface area contributed by atoms with E-state index in [2.05, 4.69) is 20.6 Å². The minimum Gasteiger partial charge on any atom is -0.495 e. The van der Waals surface area contributed by atoms with Gasteiger partial charge in [0.25, 0.3) is 5.91 Å². The van der Waals surface area contributed by atoms with Crippen LogP contribution >= 0.6 is 0 Å². The van der Waals surface area contributed by atoms with Gasteiger partial charge in [0.1, 0.15) is 28.9 Å². The number of carbonyl (C=O) groups excluding carboxylic acids is 1. The van der Waals surface area contributed by atoms with Crippen LogP contribution < -0.4 is 15.4 Å². The van der Waals surface area contributed by atoms with Gasteiger partial charge >= 0.3 is 0 Å². The molecule has 3 rings (SSSR count). The highest BCUT2D eigenvalue weighted by molar-refractivity contribution is 6.04. The topological polar surface area (TPSA) is 76.1 Å². The predicted molar refractivity (Wildman–Crippen MR) is 106 cm³/mol. The molecular weight excluding hydrogens is 359 g/mol. The van der Waals surface area contributed by atoms with Crippen LogP contribution in [0.25, 0.3) is 0 Å². The van der Waals surface area contributed by atoms with Crippen molar-refractivity contribution in [2.45, 2.75) is 20.4 Å². The largest absolute Gasteiger partial charge is 0.495 e. The normalized spacial score (nSPS) is 10.4. The fourth-order valence-corrected chi connectivity index (χ4v) is 2.71. The lowest BCUT2D eigenvalue weighted by Crippen LogP contribution is -2.16. The number of anilines is 2. The summed E-state index contributed by atoms with van der Waals surface area (Å²) in [6, 6.07) is 13.5. The molecule has 0 bridgehead atoms. The van der Waals surface area contributed by atoms with Crippen molar-refractivity contribution in [1.29, 1.82) is 0 Å². The van der Waals surface area contributed by atoms with Gasteiger partial charge in [-0.05, 0) is 37.6 Å². The first-order valence-corrected chi connectivity index (χ1v) is 8.75. The Balaban J connectivity index is 1.78. The molecule has 0 saturated heterocycles. The van der Waals surface area contributed by atoms with E-state index in [4.69, 9.17) is 4.74 Å². The van der Waals surface area contributed by atoms with Crippen LogP contribution in [0.1, 0.15) is 27.4 Å². The smallest absolute Gasteiger partial charge is 0.274 e. The third-order valence-corrected chi connectivity index (χ3v) is 4.09. The summed E-state index contributed by atoms with van der Waals surface area (Å²) >= 11 is 0. The number of rotatable bonds is 6. The second-order valence-corrected chi connectivity index (χ2v) is 6.29. The first-order valence-electron chi connectivity index (χ1n) is 8.75. The van der Waals surface area contributed by atoms with Gasteiger partial charge in [0.2, 0.25) is 0 Å². The average molecular weight is 380 g/mol. The van der Waals surface area contributed by atoms with E-state index in [0.717, 1.165) is 5.56 Å². The maximum absolute atomic E-state index is 13.8. The van der Waals surface area contributed by atoms with E-state index < -0.39 is 0 Å². The van der Waals surface area contributed by atoms with E-state index in [0.29, 0.717) is 28.6 Å². The number of ether oxygens (including phenoxy) is 1. The Morgan fingerprint density at radius 3 is 2.64 bits per heavy atom. The third-order valence-electron chi connectivity index (χ3n) is 4.09. The molecule has 0 radical (unpaired) electrons. The second kappa shape index (κ2) is 8.47. The maximum atomic E-state index is 13.8. The van der Waals surface area contributed by atoms with Crippen LogP contribution in [0.5, 0.6) is 5.75 Å². The number of hydrogen-bond acceptors (Lipinski definition) is 5. The lowest BCUT2D eigenvalue weighted by molar-refractivity contribution is 0.102. The van der Waals surface area contributed by atoms with Crippen molar-refractivity contribution in [1.82, 2.24) is 9.97 Å². The molecule has 1 aromatic heterocycles. The summed E-state index contributed by atoms with van der Waals surface area (Å²) in [6.45, 7) is 3.86. The molecule has 144 valence electrons. The first-order chi connectivity index (χ1) is 13.5. The van der Waals surface area contributed by atoms with Crippen LogP contribution in [0.2, 0.25) is 0 Å². The number of halogens is 1. The van der Waals surface area contributed by atoms with Crippen molar-refractivity contribution in [3.05, 3.63) is 77.0 Å². The third kappa shape index (κ3) is 4.62. The van der Waals surface area contributed by atoms with Gasteiger partial charge < -0.3 is 15.4 Å². The Hall–Kier alpha value is -3.48. The molecule has 28 heavy (non-hydrogen) atoms. The molecular formula is C21H21FN4O2. The summed E-state index contributed by atoms with van der Waals surface area (Å²) in [4.78, 5) is 21.2. The summed E-state index contributed by atoms with van der Waals surface area (Å²) in [5, 5.41) is 5.85. The van der Waals surface area contributed by atoms with Crippen LogP contribution in [-0.2, 0) is 6.54 Å². The molecule has 2 aromatic carbocycles. The molecule has 1 amide bonds. The zero-order chi connectivity index (χ0) is 20.1. The molecule has 6 nitrogen and oxygen atoms in total. The van der Waals surface area contributed by atoms with Gasteiger partial charge in [0.15, 0.2) is 0 Å². The number of nitrogens with one attached hydrogen (secondary N) is 2. The maximum Gasteiger partial charge on any atom is 0.274 e. The fraction of sp³-hybridized carbons (Fsp3) is 0.190. The summed E-state index contributed by atoms with van der Waals surface area (Å²) in [5.74, 6) is 0.744. The molecule has 0 unspecified atom stereocenters. The number of amides is 1. The van der Waals surface area contributed by atoms with Crippen molar-refractivity contribution in [2.75, 3.05) is 17.7 Å². The highest BCUT2D eigenvalue weighted by Gasteiger charge is 2.14. The standard InChI is InChI=1S/C21H21FN4O2/c1-13-8-9-19(28-3)17(10-13)26-21(27)18-11-20(25-14(2)24-18)23-12-15-6-4-5-7-16(15)22/h4-11H,12H2,1-3H3,(H,26,27)(H,23,24,25). The minimum atomic E-state index is -0.386. The van der Waals surface area contributed by atoms with Crippen molar-refractivity contribution >= 4 is 17.4 Å². The molecule has 0 saturated carbocycles. The van der Waals surface area contributed by atoms with E-state index in [1.807, 2.05) is 19.1 Å². The zero-order valence-electron chi connectivity index (χ0n) is 15.9. The Kier molecular flexibility index (Phi) is 5.84. The molecule has 0 aliphatic heterocycles. The molecule has 2 N–H and O–H groups in total. The highest BCUT2D eigenvalue weighted by Crippen LogP contribution is 2.25. The fourth-order valence-electron chi connectivity index (χ4n) is 2.71. The molecule has 1 heterocycles. The molecule has 0 atom stereocenters. The number of nitrogens with zero attached hydrogens (tertiary/aromatic N) is 2. The van der Waals surface area contributed by atoms with Crippen LogP contribution in [-0.4, -0.2) is 23.0 Å². The zero-order valence-corrected chi connectivity index (χ0v) is 15.9. The summed E-state index contributed by atoms with van der Waals surface area (Å²) < 4.78 is 19.1. The van der Waals surface area contributed by atoms with Crippen molar-refractivity contribution < 1.29 is 13.9 Å². The van der Waals surface area contributed by atoms with Gasteiger partial charge in [0.05, 0.1) is 12.8 Å². The number of carbonyl (C=O) groups is 1. The SMILES string of the molecule is COc1ccc(C)cc1NC(=O)c1cc(NCc2ccccc2F)nc(C)n1. The number of aryl methyl sites for hydroxylation is 2. The molecule has 0 aliphatic carbocycles. The van der Waals surface area contributed by atoms with Crippen molar-refractivity contribution in [3.63, 3.8) is 0 Å². The van der Waals surface area contributed by atoms with Crippen LogP contribution in [0.3, 0.4) is 0 Å². The van der Waals surface area contributed by atoms with Crippen LogP contribution in [0.15, 0.2) is 48.5 Å². The van der Waals surface area contributed by atoms with Crippen molar-refractivity contribution in [2.24, 2.45) is 0 Å². The van der Waals surface area contributed by atoms with Gasteiger partial charge in [-0.1, -0.05) is 24.3 Å². The van der Waals surface area contributed by atoms with Gasteiger partial charge in [-0.25, -0.2) is 14.4 Å².